The molecule has 0 spiro atoms. The molecule has 6 rings (SSSR count). The minimum atomic E-state index is -0.204. The molecule has 250 valence electrons. The van der Waals surface area contributed by atoms with E-state index in [0.29, 0.717) is 48.9 Å². The van der Waals surface area contributed by atoms with E-state index in [0.717, 1.165) is 62.8 Å². The summed E-state index contributed by atoms with van der Waals surface area (Å²) in [6.07, 6.45) is 14.8. The summed E-state index contributed by atoms with van der Waals surface area (Å²) in [5.74, 6) is 2.84. The van der Waals surface area contributed by atoms with Crippen LogP contribution in [0.1, 0.15) is 97.3 Å². The molecule has 4 amide bonds. The van der Waals surface area contributed by atoms with Crippen molar-refractivity contribution >= 4 is 35.3 Å². The fourth-order valence-electron chi connectivity index (χ4n) is 9.75. The third kappa shape index (κ3) is 6.90. The summed E-state index contributed by atoms with van der Waals surface area (Å²) in [6, 6.07) is 0.395. The van der Waals surface area contributed by atoms with Gasteiger partial charge in [-0.1, -0.05) is 31.0 Å². The van der Waals surface area contributed by atoms with Gasteiger partial charge in [-0.15, -0.1) is 0 Å². The molecular formula is C34H53N5O5S. The number of urea groups is 1. The second kappa shape index (κ2) is 13.8. The van der Waals surface area contributed by atoms with E-state index < -0.39 is 0 Å². The van der Waals surface area contributed by atoms with E-state index >= 15 is 0 Å². The van der Waals surface area contributed by atoms with Gasteiger partial charge in [0.25, 0.3) is 5.91 Å². The van der Waals surface area contributed by atoms with Gasteiger partial charge in [0.1, 0.15) is 0 Å². The molecule has 10 nitrogen and oxygen atoms in total. The molecule has 2 aliphatic heterocycles. The van der Waals surface area contributed by atoms with E-state index in [2.05, 4.69) is 46.3 Å². The molecule has 0 aromatic carbocycles. The Morgan fingerprint density at radius 2 is 1.84 bits per heavy atom. The number of rotatable bonds is 12. The molecule has 0 aromatic rings. The normalized spacial score (nSPS) is 39.1. The minimum Gasteiger partial charge on any atom is -0.393 e. The number of aliphatic hydroxyl groups is 1. The van der Waals surface area contributed by atoms with Gasteiger partial charge in [-0.25, -0.2) is 4.79 Å². The van der Waals surface area contributed by atoms with E-state index in [1.165, 1.54) is 24.8 Å². The average molecular weight is 644 g/mol. The number of carbonyl (C=O) groups excluding carboxylic acids is 3. The molecule has 45 heavy (non-hydrogen) atoms. The first kappa shape index (κ1) is 32.7. The zero-order chi connectivity index (χ0) is 31.6. The van der Waals surface area contributed by atoms with Crippen molar-refractivity contribution in [3.05, 3.63) is 11.6 Å². The number of aliphatic hydroxyl groups excluding tert-OH is 1. The average Bonchev–Trinajstić information content (AvgIpc) is 3.67. The molecular weight excluding hydrogens is 590 g/mol. The second-order valence-electron chi connectivity index (χ2n) is 14.9. The second-order valence-corrected chi connectivity index (χ2v) is 16.2. The van der Waals surface area contributed by atoms with Crippen LogP contribution in [0.5, 0.6) is 0 Å². The van der Waals surface area contributed by atoms with Crippen molar-refractivity contribution < 1.29 is 24.3 Å². The summed E-state index contributed by atoms with van der Waals surface area (Å²) < 4.78 is 0. The maximum atomic E-state index is 12.3. The molecule has 2 saturated heterocycles. The fraction of sp³-hybridized carbons (Fsp3) is 0.824. The molecule has 5 N–H and O–H groups in total. The van der Waals surface area contributed by atoms with E-state index in [4.69, 9.17) is 4.84 Å². The van der Waals surface area contributed by atoms with Gasteiger partial charge in [0.2, 0.25) is 5.91 Å². The van der Waals surface area contributed by atoms with E-state index in [-0.39, 0.29) is 53.5 Å². The number of nitrogens with one attached hydrogen (secondary N) is 4. The first-order valence-electron chi connectivity index (χ1n) is 17.5. The van der Waals surface area contributed by atoms with Crippen LogP contribution < -0.4 is 21.3 Å². The van der Waals surface area contributed by atoms with Gasteiger partial charge in [-0.2, -0.15) is 11.8 Å². The molecule has 3 saturated carbocycles. The maximum absolute atomic E-state index is 12.3. The van der Waals surface area contributed by atoms with Crippen LogP contribution in [0.2, 0.25) is 0 Å². The van der Waals surface area contributed by atoms with Crippen LogP contribution in [0.3, 0.4) is 0 Å². The highest BCUT2D eigenvalue weighted by atomic mass is 32.2. The van der Waals surface area contributed by atoms with Crippen LogP contribution in [-0.4, -0.2) is 77.6 Å². The number of nitrogens with zero attached hydrogens (tertiary/aromatic N) is 1. The zero-order valence-electron chi connectivity index (χ0n) is 27.1. The van der Waals surface area contributed by atoms with Crippen LogP contribution in [0, 0.1) is 28.6 Å². The summed E-state index contributed by atoms with van der Waals surface area (Å²) in [5, 5.41) is 27.2. The number of fused-ring (bicyclic) bond motifs is 6. The van der Waals surface area contributed by atoms with Crippen LogP contribution >= 0.6 is 11.8 Å². The lowest BCUT2D eigenvalue weighted by molar-refractivity contribution is -0.125. The topological polar surface area (TPSA) is 141 Å². The Balaban J connectivity index is 0.833. The van der Waals surface area contributed by atoms with Gasteiger partial charge in [0, 0.05) is 30.5 Å². The quantitative estimate of drug-likeness (QED) is 0.124. The highest BCUT2D eigenvalue weighted by Gasteiger charge is 2.58. The number of unbranched alkanes of at least 4 members (excludes halogenated alkanes) is 1. The van der Waals surface area contributed by atoms with Crippen molar-refractivity contribution in [3.8, 4) is 0 Å². The predicted molar refractivity (Wildman–Crippen MR) is 176 cm³/mol. The highest BCUT2D eigenvalue weighted by molar-refractivity contribution is 8.00. The summed E-state index contributed by atoms with van der Waals surface area (Å²) in [5.41, 5.74) is 2.74. The van der Waals surface area contributed by atoms with Crippen molar-refractivity contribution in [1.29, 1.82) is 0 Å². The smallest absolute Gasteiger partial charge is 0.315 e. The molecule has 0 unspecified atom stereocenters. The number of allylic oxidation sites excluding steroid dienone is 2. The minimum absolute atomic E-state index is 0.0405. The molecule has 9 atom stereocenters. The van der Waals surface area contributed by atoms with Gasteiger partial charge in [0.05, 0.1) is 23.9 Å². The summed E-state index contributed by atoms with van der Waals surface area (Å²) >= 11 is 1.90. The number of hydrogen-bond donors (Lipinski definition) is 5. The Bertz CT molecular complexity index is 1200. The van der Waals surface area contributed by atoms with Crippen molar-refractivity contribution in [2.75, 3.05) is 25.4 Å². The molecule has 5 fully saturated rings. The maximum Gasteiger partial charge on any atom is 0.315 e. The monoisotopic (exact) mass is 643 g/mol. The number of hydrogen-bond acceptors (Lipinski definition) is 7. The first-order chi connectivity index (χ1) is 21.7. The van der Waals surface area contributed by atoms with Gasteiger partial charge in [0.15, 0.2) is 6.61 Å². The Hall–Kier alpha value is -2.27. The van der Waals surface area contributed by atoms with Crippen LogP contribution in [-0.2, 0) is 14.4 Å². The molecule has 0 bridgehead atoms. The number of carbonyl (C=O) groups is 3. The van der Waals surface area contributed by atoms with E-state index in [1.54, 1.807) is 0 Å². The molecule has 4 aliphatic carbocycles. The van der Waals surface area contributed by atoms with Gasteiger partial charge in [-0.3, -0.25) is 9.59 Å². The first-order valence-corrected chi connectivity index (χ1v) is 18.5. The lowest BCUT2D eigenvalue weighted by atomic mass is 9.47. The van der Waals surface area contributed by atoms with E-state index in [1.807, 2.05) is 11.8 Å². The summed E-state index contributed by atoms with van der Waals surface area (Å²) in [4.78, 5) is 41.4. The van der Waals surface area contributed by atoms with Crippen LogP contribution in [0.4, 0.5) is 4.79 Å². The predicted octanol–water partition coefficient (Wildman–Crippen LogP) is 4.03. The molecule has 0 aromatic heterocycles. The zero-order valence-corrected chi connectivity index (χ0v) is 27.9. The highest BCUT2D eigenvalue weighted by Crippen LogP contribution is 2.65. The number of thioether (sulfide) groups is 1. The van der Waals surface area contributed by atoms with Crippen molar-refractivity contribution in [2.45, 2.75) is 121 Å². The Morgan fingerprint density at radius 3 is 2.69 bits per heavy atom. The Kier molecular flexibility index (Phi) is 10.0. The van der Waals surface area contributed by atoms with Crippen molar-refractivity contribution in [1.82, 2.24) is 21.3 Å². The van der Waals surface area contributed by atoms with Gasteiger partial charge >= 0.3 is 6.03 Å². The molecule has 2 heterocycles. The molecule has 11 heteroatoms. The summed E-state index contributed by atoms with van der Waals surface area (Å²) in [7, 11) is 0. The lowest BCUT2D eigenvalue weighted by Gasteiger charge is -2.57. The van der Waals surface area contributed by atoms with Crippen LogP contribution in [0.15, 0.2) is 16.8 Å². The molecule has 6 aliphatic rings. The third-order valence-electron chi connectivity index (χ3n) is 12.4. The fourth-order valence-corrected chi connectivity index (χ4v) is 11.3. The number of amides is 4. The van der Waals surface area contributed by atoms with Gasteiger partial charge in [-0.05, 0) is 105 Å². The SMILES string of the molecule is C[C@]12CC[C@H]3[C@@H](CCC4=C/C(=N\OCC(=O)NCCCNC(=O)CCCC[C@@H]5SC[C@H]6NC(=O)N[C@@H]56)CC[C@@]43C)[C@@H]1CC[C@@H]2O. The summed E-state index contributed by atoms with van der Waals surface area (Å²) in [6.45, 7) is 5.68. The lowest BCUT2D eigenvalue weighted by Crippen LogP contribution is -2.51. The van der Waals surface area contributed by atoms with Crippen molar-refractivity contribution in [3.63, 3.8) is 0 Å². The van der Waals surface area contributed by atoms with E-state index in [9.17, 15) is 19.5 Å². The Labute approximate surface area is 272 Å². The standard InChI is InChI=1S/C34H53N5O5S/c1-33-14-12-22(18-21(33)8-9-23-24-10-11-28(40)34(24,2)15-13-25(23)33)39-44-19-30(42)36-17-5-16-35-29(41)7-4-3-6-27-31-26(20-45-27)37-32(43)38-31/h18,23-28,31,40H,3-17,19-20H2,1-2H3,(H,35,41)(H,36,42)(H2,37,38,43)/b39-22-/t23-,24-,25-,26+,27-,28-,31+,33-,34-/m0/s1. The molecule has 0 radical (unpaired) electrons. The Morgan fingerprint density at radius 1 is 1.02 bits per heavy atom. The van der Waals surface area contributed by atoms with Gasteiger partial charge < -0.3 is 31.2 Å². The largest absolute Gasteiger partial charge is 0.393 e. The van der Waals surface area contributed by atoms with Crippen molar-refractivity contribution in [2.24, 2.45) is 33.7 Å². The number of oxime groups is 1. The third-order valence-corrected chi connectivity index (χ3v) is 13.9. The van der Waals surface area contributed by atoms with Crippen LogP contribution in [0.25, 0.3) is 0 Å².